The zero-order valence-corrected chi connectivity index (χ0v) is 19.5. The van der Waals surface area contributed by atoms with Crippen LogP contribution in [0.1, 0.15) is 32.3 Å². The van der Waals surface area contributed by atoms with Crippen molar-refractivity contribution >= 4 is 44.5 Å². The first-order chi connectivity index (χ1) is 15.0. The van der Waals surface area contributed by atoms with Gasteiger partial charge in [0.2, 0.25) is 5.91 Å². The smallest absolute Gasteiger partial charge is 0.273 e. The van der Waals surface area contributed by atoms with Crippen molar-refractivity contribution in [3.63, 3.8) is 0 Å². The molecule has 7 nitrogen and oxygen atoms in total. The van der Waals surface area contributed by atoms with Crippen molar-refractivity contribution in [3.05, 3.63) is 46.2 Å². The van der Waals surface area contributed by atoms with Gasteiger partial charge in [0.05, 0.1) is 5.75 Å². The van der Waals surface area contributed by atoms with E-state index in [1.54, 1.807) is 4.57 Å². The molecule has 4 rings (SSSR count). The fourth-order valence-electron chi connectivity index (χ4n) is 3.58. The topological polar surface area (TPSA) is 80.1 Å². The van der Waals surface area contributed by atoms with Crippen LogP contribution in [0.15, 0.2) is 40.3 Å². The van der Waals surface area contributed by atoms with E-state index in [1.165, 1.54) is 23.1 Å². The van der Waals surface area contributed by atoms with Gasteiger partial charge < -0.3 is 10.2 Å². The maximum absolute atomic E-state index is 13.0. The number of carbonyl (C=O) groups excluding carboxylic acids is 1. The lowest BCUT2D eigenvalue weighted by molar-refractivity contribution is -0.118. The second kappa shape index (κ2) is 9.82. The van der Waals surface area contributed by atoms with Gasteiger partial charge in [-0.2, -0.15) is 4.98 Å². The molecule has 164 valence electrons. The summed E-state index contributed by atoms with van der Waals surface area (Å²) in [4.78, 5) is 36.9. The van der Waals surface area contributed by atoms with Crippen molar-refractivity contribution < 1.29 is 4.79 Å². The van der Waals surface area contributed by atoms with E-state index in [2.05, 4.69) is 27.1 Å². The summed E-state index contributed by atoms with van der Waals surface area (Å²) >= 11 is 2.71. The molecule has 0 unspecified atom stereocenters. The number of benzene rings is 1. The number of piperidine rings is 1. The van der Waals surface area contributed by atoms with Gasteiger partial charge in [-0.25, -0.2) is 4.98 Å². The Bertz CT molecular complexity index is 1100. The number of thiazole rings is 1. The summed E-state index contributed by atoms with van der Waals surface area (Å²) in [6.45, 7) is 7.11. The summed E-state index contributed by atoms with van der Waals surface area (Å²) in [7, 11) is 0. The SMILES string of the molecule is CCn1c(SCC(=O)NCc2ccccc2)nc2nc(N3CCC(C)CC3)sc2c1=O. The molecule has 0 atom stereocenters. The normalized spacial score (nSPS) is 14.8. The lowest BCUT2D eigenvalue weighted by atomic mass is 10.00. The molecule has 1 aromatic carbocycles. The van der Waals surface area contributed by atoms with E-state index in [4.69, 9.17) is 0 Å². The zero-order valence-electron chi connectivity index (χ0n) is 17.8. The van der Waals surface area contributed by atoms with Crippen LogP contribution in [0.3, 0.4) is 0 Å². The van der Waals surface area contributed by atoms with E-state index < -0.39 is 0 Å². The molecule has 31 heavy (non-hydrogen) atoms. The molecular weight excluding hydrogens is 430 g/mol. The summed E-state index contributed by atoms with van der Waals surface area (Å²) < 4.78 is 2.23. The Kier molecular flexibility index (Phi) is 6.92. The predicted octanol–water partition coefficient (Wildman–Crippen LogP) is 3.52. The third-order valence-electron chi connectivity index (χ3n) is 5.51. The van der Waals surface area contributed by atoms with Gasteiger partial charge in [-0.1, -0.05) is 60.4 Å². The highest BCUT2D eigenvalue weighted by atomic mass is 32.2. The zero-order chi connectivity index (χ0) is 21.8. The summed E-state index contributed by atoms with van der Waals surface area (Å²) in [6, 6.07) is 9.79. The highest BCUT2D eigenvalue weighted by molar-refractivity contribution is 7.99. The monoisotopic (exact) mass is 457 g/mol. The molecule has 2 aromatic heterocycles. The van der Waals surface area contributed by atoms with Gasteiger partial charge in [0, 0.05) is 26.2 Å². The van der Waals surface area contributed by atoms with E-state index in [-0.39, 0.29) is 17.2 Å². The first-order valence-electron chi connectivity index (χ1n) is 10.6. The highest BCUT2D eigenvalue weighted by Gasteiger charge is 2.22. The Morgan fingerprint density at radius 3 is 2.68 bits per heavy atom. The van der Waals surface area contributed by atoms with Crippen LogP contribution < -0.4 is 15.8 Å². The molecule has 1 N–H and O–H groups in total. The number of carbonyl (C=O) groups is 1. The highest BCUT2D eigenvalue weighted by Crippen LogP contribution is 2.30. The number of hydrogen-bond donors (Lipinski definition) is 1. The van der Waals surface area contributed by atoms with Gasteiger partial charge in [0.15, 0.2) is 15.9 Å². The molecule has 3 heterocycles. The fourth-order valence-corrected chi connectivity index (χ4v) is 5.47. The van der Waals surface area contributed by atoms with Gasteiger partial charge >= 0.3 is 0 Å². The minimum absolute atomic E-state index is 0.0752. The molecule has 1 aliphatic rings. The molecule has 0 aliphatic carbocycles. The molecule has 9 heteroatoms. The molecule has 0 spiro atoms. The number of thioether (sulfide) groups is 1. The van der Waals surface area contributed by atoms with Gasteiger partial charge in [-0.3, -0.25) is 14.2 Å². The molecule has 0 radical (unpaired) electrons. The first kappa shape index (κ1) is 21.8. The van der Waals surface area contributed by atoms with E-state index in [1.807, 2.05) is 37.3 Å². The lowest BCUT2D eigenvalue weighted by Gasteiger charge is -2.29. The van der Waals surface area contributed by atoms with E-state index in [0.29, 0.717) is 28.6 Å². The minimum Gasteiger partial charge on any atom is -0.351 e. The predicted molar refractivity (Wildman–Crippen MR) is 127 cm³/mol. The van der Waals surface area contributed by atoms with Gasteiger partial charge in [-0.05, 0) is 31.2 Å². The minimum atomic E-state index is -0.0905. The van der Waals surface area contributed by atoms with Crippen LogP contribution in [0.2, 0.25) is 0 Å². The number of nitrogens with one attached hydrogen (secondary N) is 1. The van der Waals surface area contributed by atoms with Crippen LogP contribution in [-0.2, 0) is 17.9 Å². The number of anilines is 1. The molecular formula is C22H27N5O2S2. The Labute approximate surface area is 189 Å². The van der Waals surface area contributed by atoms with Crippen LogP contribution in [0.25, 0.3) is 10.3 Å². The molecule has 1 saturated heterocycles. The molecule has 3 aromatic rings. The molecule has 0 bridgehead atoms. The van der Waals surface area contributed by atoms with Crippen molar-refractivity contribution in [2.45, 2.75) is 44.9 Å². The Balaban J connectivity index is 1.48. The molecule has 0 saturated carbocycles. The van der Waals surface area contributed by atoms with Gasteiger partial charge in [0.25, 0.3) is 5.56 Å². The van der Waals surface area contributed by atoms with Crippen LogP contribution in [-0.4, -0.2) is 39.3 Å². The molecule has 1 fully saturated rings. The van der Waals surface area contributed by atoms with E-state index >= 15 is 0 Å². The standard InChI is InChI=1S/C22H27N5O2S2/c1-3-27-20(29)18-19(24-21(31-18)26-11-9-15(2)10-12-26)25-22(27)30-14-17(28)23-13-16-7-5-4-6-8-16/h4-8,15H,3,9-14H2,1-2H3,(H,23,28). The second-order valence-electron chi connectivity index (χ2n) is 7.81. The van der Waals surface area contributed by atoms with Crippen LogP contribution >= 0.6 is 23.1 Å². The number of aromatic nitrogens is 3. The summed E-state index contributed by atoms with van der Waals surface area (Å²) in [5.74, 6) is 0.843. The summed E-state index contributed by atoms with van der Waals surface area (Å²) in [6.07, 6.45) is 2.28. The second-order valence-corrected chi connectivity index (χ2v) is 9.73. The Morgan fingerprint density at radius 2 is 1.97 bits per heavy atom. The van der Waals surface area contributed by atoms with Crippen LogP contribution in [0.5, 0.6) is 0 Å². The van der Waals surface area contributed by atoms with Crippen LogP contribution in [0.4, 0.5) is 5.13 Å². The van der Waals surface area contributed by atoms with Crippen molar-refractivity contribution in [1.82, 2.24) is 19.9 Å². The maximum atomic E-state index is 13.0. The van der Waals surface area contributed by atoms with Crippen molar-refractivity contribution in [1.29, 1.82) is 0 Å². The number of nitrogens with zero attached hydrogens (tertiary/aromatic N) is 4. The Morgan fingerprint density at radius 1 is 1.23 bits per heavy atom. The summed E-state index contributed by atoms with van der Waals surface area (Å²) in [5, 5.41) is 4.33. The molecule has 1 amide bonds. The Hall–Kier alpha value is -2.39. The summed E-state index contributed by atoms with van der Waals surface area (Å²) in [5.41, 5.74) is 1.46. The third kappa shape index (κ3) is 5.10. The van der Waals surface area contributed by atoms with Crippen molar-refractivity contribution in [2.75, 3.05) is 23.7 Å². The lowest BCUT2D eigenvalue weighted by Crippen LogP contribution is -2.32. The van der Waals surface area contributed by atoms with E-state index in [9.17, 15) is 9.59 Å². The number of amides is 1. The first-order valence-corrected chi connectivity index (χ1v) is 12.4. The largest absolute Gasteiger partial charge is 0.351 e. The van der Waals surface area contributed by atoms with Crippen LogP contribution in [0, 0.1) is 5.92 Å². The fraction of sp³-hybridized carbons (Fsp3) is 0.455. The average Bonchev–Trinajstić information content (AvgIpc) is 3.22. The van der Waals surface area contributed by atoms with Crippen molar-refractivity contribution in [2.24, 2.45) is 5.92 Å². The van der Waals surface area contributed by atoms with Crippen molar-refractivity contribution in [3.8, 4) is 0 Å². The number of hydrogen-bond acceptors (Lipinski definition) is 7. The van der Waals surface area contributed by atoms with E-state index in [0.717, 1.165) is 42.5 Å². The quantitative estimate of drug-likeness (QED) is 0.432. The molecule has 1 aliphatic heterocycles. The van der Waals surface area contributed by atoms with Gasteiger partial charge in [-0.15, -0.1) is 0 Å². The average molecular weight is 458 g/mol. The number of fused-ring (bicyclic) bond motifs is 1. The third-order valence-corrected chi connectivity index (χ3v) is 7.57. The maximum Gasteiger partial charge on any atom is 0.273 e. The number of rotatable bonds is 7. The van der Waals surface area contributed by atoms with Gasteiger partial charge in [0.1, 0.15) is 4.70 Å².